The number of carbonyl (C=O) groups is 2. The SMILES string of the molecule is O=C(O)C(=O)[C@H](O)[C@H](O)[C@@H](O)C(O)C1CCCCC1. The largest absolute Gasteiger partial charge is 0.475 e. The molecule has 1 fully saturated rings. The van der Waals surface area contributed by atoms with Crippen LogP contribution in [0.4, 0.5) is 0 Å². The van der Waals surface area contributed by atoms with Crippen molar-refractivity contribution in [2.75, 3.05) is 0 Å². The highest BCUT2D eigenvalue weighted by Gasteiger charge is 2.39. The predicted molar refractivity (Wildman–Crippen MR) is 63.2 cm³/mol. The highest BCUT2D eigenvalue weighted by molar-refractivity contribution is 6.34. The first kappa shape index (κ1) is 16.0. The lowest BCUT2D eigenvalue weighted by Gasteiger charge is -2.32. The monoisotopic (exact) mass is 276 g/mol. The molecule has 0 heterocycles. The molecule has 0 aromatic rings. The summed E-state index contributed by atoms with van der Waals surface area (Å²) in [5, 5.41) is 46.9. The van der Waals surface area contributed by atoms with Gasteiger partial charge >= 0.3 is 5.97 Å². The summed E-state index contributed by atoms with van der Waals surface area (Å²) in [4.78, 5) is 21.4. The molecular weight excluding hydrogens is 256 g/mol. The summed E-state index contributed by atoms with van der Waals surface area (Å²) in [6.45, 7) is 0. The Balaban J connectivity index is 2.61. The van der Waals surface area contributed by atoms with Crippen LogP contribution in [0.25, 0.3) is 0 Å². The van der Waals surface area contributed by atoms with Crippen LogP contribution in [0.3, 0.4) is 0 Å². The van der Waals surface area contributed by atoms with Gasteiger partial charge in [0, 0.05) is 0 Å². The maximum absolute atomic E-state index is 11.0. The number of ketones is 1. The fraction of sp³-hybridized carbons (Fsp3) is 0.833. The summed E-state index contributed by atoms with van der Waals surface area (Å²) in [6, 6.07) is 0. The van der Waals surface area contributed by atoms with Crippen molar-refractivity contribution in [2.24, 2.45) is 5.92 Å². The van der Waals surface area contributed by atoms with E-state index in [9.17, 15) is 30.0 Å². The van der Waals surface area contributed by atoms with E-state index >= 15 is 0 Å². The van der Waals surface area contributed by atoms with E-state index in [0.29, 0.717) is 12.8 Å². The molecule has 1 aliphatic carbocycles. The van der Waals surface area contributed by atoms with Gasteiger partial charge in [-0.05, 0) is 18.8 Å². The van der Waals surface area contributed by atoms with Crippen molar-refractivity contribution in [1.29, 1.82) is 0 Å². The minimum atomic E-state index is -2.24. The molecule has 1 aliphatic rings. The minimum Gasteiger partial charge on any atom is -0.475 e. The van der Waals surface area contributed by atoms with Gasteiger partial charge in [-0.1, -0.05) is 19.3 Å². The van der Waals surface area contributed by atoms with E-state index in [2.05, 4.69) is 0 Å². The molecule has 0 aliphatic heterocycles. The topological polar surface area (TPSA) is 135 Å². The summed E-state index contributed by atoms with van der Waals surface area (Å²) < 4.78 is 0. The lowest BCUT2D eigenvalue weighted by Crippen LogP contribution is -2.51. The molecule has 5 N–H and O–H groups in total. The number of carbonyl (C=O) groups excluding carboxylic acids is 1. The lowest BCUT2D eigenvalue weighted by molar-refractivity contribution is -0.163. The van der Waals surface area contributed by atoms with E-state index in [4.69, 9.17) is 5.11 Å². The van der Waals surface area contributed by atoms with E-state index < -0.39 is 36.2 Å². The summed E-state index contributed by atoms with van der Waals surface area (Å²) >= 11 is 0. The third kappa shape index (κ3) is 3.97. The fourth-order valence-corrected chi connectivity index (χ4v) is 2.42. The summed E-state index contributed by atoms with van der Waals surface area (Å²) in [5.41, 5.74) is 0. The second-order valence-electron chi connectivity index (χ2n) is 4.98. The molecule has 0 bridgehead atoms. The Bertz CT molecular complexity index is 324. The zero-order chi connectivity index (χ0) is 14.6. The van der Waals surface area contributed by atoms with Gasteiger partial charge in [0.1, 0.15) is 12.2 Å². The Morgan fingerprint density at radius 1 is 0.895 bits per heavy atom. The van der Waals surface area contributed by atoms with Gasteiger partial charge in [-0.15, -0.1) is 0 Å². The molecule has 110 valence electrons. The van der Waals surface area contributed by atoms with Crippen LogP contribution in [-0.2, 0) is 9.59 Å². The van der Waals surface area contributed by atoms with Crippen LogP contribution in [0.5, 0.6) is 0 Å². The third-order valence-electron chi connectivity index (χ3n) is 3.64. The quantitative estimate of drug-likeness (QED) is 0.379. The van der Waals surface area contributed by atoms with Gasteiger partial charge in [0.2, 0.25) is 0 Å². The van der Waals surface area contributed by atoms with E-state index in [0.717, 1.165) is 19.3 Å². The number of Topliss-reactive ketones (excluding diaryl/α,β-unsaturated/α-hetero) is 1. The zero-order valence-corrected chi connectivity index (χ0v) is 10.5. The van der Waals surface area contributed by atoms with Gasteiger partial charge in [0.15, 0.2) is 6.10 Å². The van der Waals surface area contributed by atoms with Crippen molar-refractivity contribution in [1.82, 2.24) is 0 Å². The van der Waals surface area contributed by atoms with Crippen molar-refractivity contribution in [3.8, 4) is 0 Å². The van der Waals surface area contributed by atoms with Crippen molar-refractivity contribution in [3.63, 3.8) is 0 Å². The number of rotatable bonds is 6. The van der Waals surface area contributed by atoms with Gasteiger partial charge in [-0.25, -0.2) is 4.79 Å². The Kier molecular flexibility index (Phi) is 5.86. The lowest BCUT2D eigenvalue weighted by atomic mass is 9.81. The average Bonchev–Trinajstić information content (AvgIpc) is 2.44. The second-order valence-corrected chi connectivity index (χ2v) is 4.98. The van der Waals surface area contributed by atoms with Crippen LogP contribution in [0, 0.1) is 5.92 Å². The number of carboxylic acids is 1. The third-order valence-corrected chi connectivity index (χ3v) is 3.64. The summed E-state index contributed by atoms with van der Waals surface area (Å²) in [5.74, 6) is -3.72. The van der Waals surface area contributed by atoms with Crippen LogP contribution in [0.15, 0.2) is 0 Å². The minimum absolute atomic E-state index is 0.217. The smallest absolute Gasteiger partial charge is 0.375 e. The molecule has 0 aromatic heterocycles. The molecule has 4 atom stereocenters. The maximum atomic E-state index is 11.0. The number of aliphatic carboxylic acids is 1. The number of aliphatic hydroxyl groups excluding tert-OH is 4. The van der Waals surface area contributed by atoms with Crippen LogP contribution < -0.4 is 0 Å². The molecule has 0 saturated heterocycles. The van der Waals surface area contributed by atoms with E-state index in [1.54, 1.807) is 0 Å². The molecular formula is C12H20O7. The van der Waals surface area contributed by atoms with Crippen LogP contribution in [0.2, 0.25) is 0 Å². The van der Waals surface area contributed by atoms with Gasteiger partial charge < -0.3 is 25.5 Å². The van der Waals surface area contributed by atoms with Crippen molar-refractivity contribution < 1.29 is 35.1 Å². The first-order chi connectivity index (χ1) is 8.86. The van der Waals surface area contributed by atoms with Gasteiger partial charge in [-0.2, -0.15) is 0 Å². The van der Waals surface area contributed by atoms with Gasteiger partial charge in [0.05, 0.1) is 6.10 Å². The molecule has 7 nitrogen and oxygen atoms in total. The number of aliphatic hydroxyl groups is 4. The molecule has 0 amide bonds. The van der Waals surface area contributed by atoms with E-state index in [1.165, 1.54) is 0 Å². The van der Waals surface area contributed by atoms with Gasteiger partial charge in [-0.3, -0.25) is 4.79 Å². The van der Waals surface area contributed by atoms with Crippen LogP contribution in [-0.4, -0.2) is 61.7 Å². The molecule has 7 heteroatoms. The predicted octanol–water partition coefficient (Wildman–Crippen LogP) is -1.34. The molecule has 0 aromatic carbocycles. The Morgan fingerprint density at radius 3 is 1.89 bits per heavy atom. The first-order valence-electron chi connectivity index (χ1n) is 6.35. The van der Waals surface area contributed by atoms with E-state index in [1.807, 2.05) is 0 Å². The molecule has 1 unspecified atom stereocenters. The highest BCUT2D eigenvalue weighted by Crippen LogP contribution is 2.28. The Hall–Kier alpha value is -1.02. The molecule has 0 spiro atoms. The molecule has 19 heavy (non-hydrogen) atoms. The van der Waals surface area contributed by atoms with Crippen LogP contribution in [0.1, 0.15) is 32.1 Å². The number of hydrogen-bond donors (Lipinski definition) is 5. The van der Waals surface area contributed by atoms with Crippen molar-refractivity contribution >= 4 is 11.8 Å². The second kappa shape index (κ2) is 6.95. The van der Waals surface area contributed by atoms with Crippen molar-refractivity contribution in [2.45, 2.75) is 56.5 Å². The molecule has 0 radical (unpaired) electrons. The normalized spacial score (nSPS) is 23.4. The summed E-state index contributed by atoms with van der Waals surface area (Å²) in [7, 11) is 0. The molecule has 1 rings (SSSR count). The van der Waals surface area contributed by atoms with Crippen molar-refractivity contribution in [3.05, 3.63) is 0 Å². The fourth-order valence-electron chi connectivity index (χ4n) is 2.42. The molecule has 1 saturated carbocycles. The first-order valence-corrected chi connectivity index (χ1v) is 6.35. The maximum Gasteiger partial charge on any atom is 0.375 e. The van der Waals surface area contributed by atoms with E-state index in [-0.39, 0.29) is 5.92 Å². The standard InChI is InChI=1S/C12H20O7/c13-7(6-4-2-1-3-5-6)8(14)9(15)10(16)11(17)12(18)19/h6-10,13-16H,1-5H2,(H,18,19)/t7?,8-,9+,10+/m0/s1. The average molecular weight is 276 g/mol. The zero-order valence-electron chi connectivity index (χ0n) is 10.5. The van der Waals surface area contributed by atoms with Crippen LogP contribution >= 0.6 is 0 Å². The Labute approximate surface area is 110 Å². The summed E-state index contributed by atoms with van der Waals surface area (Å²) in [6.07, 6.45) is -3.06. The van der Waals surface area contributed by atoms with Gasteiger partial charge in [0.25, 0.3) is 5.78 Å². The number of carboxylic acid groups (broad SMARTS) is 1. The number of hydrogen-bond acceptors (Lipinski definition) is 6. The highest BCUT2D eigenvalue weighted by atomic mass is 16.4. The Morgan fingerprint density at radius 2 is 1.42 bits per heavy atom.